The number of carboxylic acids is 1. The lowest BCUT2D eigenvalue weighted by molar-refractivity contribution is -0.137. The summed E-state index contributed by atoms with van der Waals surface area (Å²) in [5.74, 6) is -0.770. The molecule has 0 radical (unpaired) electrons. The number of aliphatic carboxylic acids is 1. The molecule has 0 saturated heterocycles. The molecule has 1 amide bonds. The minimum absolute atomic E-state index is 0.0668. The van der Waals surface area contributed by atoms with Crippen LogP contribution in [-0.4, -0.2) is 34.7 Å². The van der Waals surface area contributed by atoms with Crippen LogP contribution in [0.25, 0.3) is 10.9 Å². The number of ether oxygens (including phenoxy) is 1. The number of carboxylic acid groups (broad SMARTS) is 1. The normalized spacial score (nSPS) is 15.4. The maximum absolute atomic E-state index is 14.1. The molecule has 1 atom stereocenters. The van der Waals surface area contributed by atoms with Crippen molar-refractivity contribution in [2.75, 3.05) is 7.11 Å². The number of nitrogens with one attached hydrogen (secondary N) is 1. The van der Waals surface area contributed by atoms with Crippen LogP contribution in [0.15, 0.2) is 36.4 Å². The standard InChI is InChI=1S/C24H24ClFN2O4/c1-32-21-5-3-2-4-14(21)6-9-22(29)27-16-7-8-20-17(12-16)18-10-15(26)11-19(25)24(18)28(20)13-23(30)31/h2-5,10-11,16H,6-9,12-13H2,1H3,(H,27,29)(H,30,31)/t16-/m0/s1. The van der Waals surface area contributed by atoms with Crippen molar-refractivity contribution >= 4 is 34.4 Å². The number of aryl methyl sites for hydroxylation is 1. The fraction of sp³-hybridized carbons (Fsp3) is 0.333. The summed E-state index contributed by atoms with van der Waals surface area (Å²) in [5, 5.41) is 13.2. The van der Waals surface area contributed by atoms with E-state index in [1.807, 2.05) is 24.3 Å². The molecule has 0 fully saturated rings. The van der Waals surface area contributed by atoms with Crippen molar-refractivity contribution < 1.29 is 23.8 Å². The van der Waals surface area contributed by atoms with Gasteiger partial charge in [0.2, 0.25) is 5.91 Å². The second-order valence-electron chi connectivity index (χ2n) is 8.01. The predicted octanol–water partition coefficient (Wildman–Crippen LogP) is 4.13. The first-order valence-electron chi connectivity index (χ1n) is 10.5. The molecule has 1 aromatic heterocycles. The highest BCUT2D eigenvalue weighted by Crippen LogP contribution is 2.36. The summed E-state index contributed by atoms with van der Waals surface area (Å²) < 4.78 is 21.1. The highest BCUT2D eigenvalue weighted by Gasteiger charge is 2.28. The van der Waals surface area contributed by atoms with Crippen molar-refractivity contribution in [3.63, 3.8) is 0 Å². The zero-order valence-corrected chi connectivity index (χ0v) is 18.4. The summed E-state index contributed by atoms with van der Waals surface area (Å²) in [6, 6.07) is 10.1. The van der Waals surface area contributed by atoms with Gasteiger partial charge in [0.25, 0.3) is 0 Å². The number of halogens is 2. The number of amides is 1. The summed E-state index contributed by atoms with van der Waals surface area (Å²) in [6.45, 7) is -0.243. The fourth-order valence-corrected chi connectivity index (χ4v) is 4.90. The lowest BCUT2D eigenvalue weighted by Crippen LogP contribution is -2.39. The lowest BCUT2D eigenvalue weighted by atomic mass is 9.91. The lowest BCUT2D eigenvalue weighted by Gasteiger charge is -2.25. The SMILES string of the molecule is COc1ccccc1CCC(=O)N[C@H]1CCc2c(c3cc(F)cc(Cl)c3n2CC(=O)O)C1. The van der Waals surface area contributed by atoms with Gasteiger partial charge in [0.05, 0.1) is 17.6 Å². The van der Waals surface area contributed by atoms with Gasteiger partial charge in [-0.2, -0.15) is 0 Å². The Kier molecular flexibility index (Phi) is 6.37. The Labute approximate surface area is 189 Å². The number of fused-ring (bicyclic) bond motifs is 3. The number of nitrogens with zero attached hydrogens (tertiary/aromatic N) is 1. The molecule has 8 heteroatoms. The first-order valence-corrected chi connectivity index (χ1v) is 10.9. The van der Waals surface area contributed by atoms with Crippen LogP contribution in [0, 0.1) is 5.82 Å². The monoisotopic (exact) mass is 458 g/mol. The van der Waals surface area contributed by atoms with Gasteiger partial charge in [-0.05, 0) is 55.0 Å². The van der Waals surface area contributed by atoms with Gasteiger partial charge >= 0.3 is 5.97 Å². The van der Waals surface area contributed by atoms with E-state index in [9.17, 15) is 19.1 Å². The molecule has 0 unspecified atom stereocenters. The molecule has 0 aliphatic heterocycles. The maximum atomic E-state index is 14.1. The van der Waals surface area contributed by atoms with Crippen molar-refractivity contribution in [3.05, 3.63) is 64.1 Å². The summed E-state index contributed by atoms with van der Waals surface area (Å²) >= 11 is 6.28. The third kappa shape index (κ3) is 4.43. The van der Waals surface area contributed by atoms with E-state index in [0.717, 1.165) is 22.6 Å². The van der Waals surface area contributed by atoms with Crippen molar-refractivity contribution in [2.24, 2.45) is 0 Å². The third-order valence-corrected chi connectivity index (χ3v) is 6.24. The van der Waals surface area contributed by atoms with Gasteiger partial charge < -0.3 is 19.7 Å². The van der Waals surface area contributed by atoms with Crippen molar-refractivity contribution in [2.45, 2.75) is 44.7 Å². The number of carbonyl (C=O) groups excluding carboxylic acids is 1. The summed E-state index contributed by atoms with van der Waals surface area (Å²) in [6.07, 6.45) is 2.63. The molecule has 6 nitrogen and oxygen atoms in total. The molecular weight excluding hydrogens is 435 g/mol. The van der Waals surface area contributed by atoms with Gasteiger partial charge in [-0.15, -0.1) is 0 Å². The quantitative estimate of drug-likeness (QED) is 0.557. The molecule has 1 heterocycles. The number of rotatable bonds is 7. The Morgan fingerprint density at radius 2 is 2.09 bits per heavy atom. The van der Waals surface area contributed by atoms with Gasteiger partial charge in [-0.25, -0.2) is 4.39 Å². The zero-order chi connectivity index (χ0) is 22.8. The minimum Gasteiger partial charge on any atom is -0.496 e. The third-order valence-electron chi connectivity index (χ3n) is 5.95. The van der Waals surface area contributed by atoms with E-state index < -0.39 is 11.8 Å². The first kappa shape index (κ1) is 22.1. The molecule has 168 valence electrons. The minimum atomic E-state index is -0.989. The number of methoxy groups -OCH3 is 1. The molecule has 32 heavy (non-hydrogen) atoms. The molecular formula is C24H24ClFN2O4. The molecule has 1 aliphatic carbocycles. The average Bonchev–Trinajstić information content (AvgIpc) is 3.05. The molecule has 4 rings (SSSR count). The Bertz CT molecular complexity index is 1190. The zero-order valence-electron chi connectivity index (χ0n) is 17.7. The highest BCUT2D eigenvalue weighted by atomic mass is 35.5. The van der Waals surface area contributed by atoms with Crippen LogP contribution >= 0.6 is 11.6 Å². The predicted molar refractivity (Wildman–Crippen MR) is 120 cm³/mol. The Hall–Kier alpha value is -3.06. The van der Waals surface area contributed by atoms with Crippen LogP contribution in [-0.2, 0) is 35.4 Å². The Morgan fingerprint density at radius 3 is 2.84 bits per heavy atom. The number of carbonyl (C=O) groups is 2. The topological polar surface area (TPSA) is 80.6 Å². The van der Waals surface area contributed by atoms with Gasteiger partial charge in [0.15, 0.2) is 0 Å². The first-order chi connectivity index (χ1) is 15.4. The maximum Gasteiger partial charge on any atom is 0.323 e. The van der Waals surface area contributed by atoms with Crippen LogP contribution in [0.2, 0.25) is 5.02 Å². The number of aromatic nitrogens is 1. The Morgan fingerprint density at radius 1 is 1.31 bits per heavy atom. The van der Waals surface area contributed by atoms with Crippen LogP contribution in [0.4, 0.5) is 4.39 Å². The second kappa shape index (κ2) is 9.20. The molecule has 1 aliphatic rings. The highest BCUT2D eigenvalue weighted by molar-refractivity contribution is 6.35. The number of hydrogen-bond donors (Lipinski definition) is 2. The van der Waals surface area contributed by atoms with E-state index in [0.29, 0.717) is 43.0 Å². The van der Waals surface area contributed by atoms with E-state index in [4.69, 9.17) is 16.3 Å². The smallest absolute Gasteiger partial charge is 0.323 e. The van der Waals surface area contributed by atoms with Crippen molar-refractivity contribution in [1.82, 2.24) is 9.88 Å². The van der Waals surface area contributed by atoms with Gasteiger partial charge in [0.1, 0.15) is 18.1 Å². The molecule has 0 saturated carbocycles. The molecule has 3 aromatic rings. The molecule has 0 bridgehead atoms. The second-order valence-corrected chi connectivity index (χ2v) is 8.42. The van der Waals surface area contributed by atoms with Crippen LogP contribution < -0.4 is 10.1 Å². The number of benzene rings is 2. The largest absolute Gasteiger partial charge is 0.496 e. The van der Waals surface area contributed by atoms with Gasteiger partial charge in [-0.3, -0.25) is 9.59 Å². The summed E-state index contributed by atoms with van der Waals surface area (Å²) in [5.41, 5.74) is 3.19. The van der Waals surface area contributed by atoms with E-state index >= 15 is 0 Å². The van der Waals surface area contributed by atoms with E-state index in [1.54, 1.807) is 11.7 Å². The van der Waals surface area contributed by atoms with Crippen LogP contribution in [0.5, 0.6) is 5.75 Å². The van der Waals surface area contributed by atoms with E-state index in [1.165, 1.54) is 12.1 Å². The average molecular weight is 459 g/mol. The van der Waals surface area contributed by atoms with Crippen molar-refractivity contribution in [1.29, 1.82) is 0 Å². The Balaban J connectivity index is 1.52. The fourth-order valence-electron chi connectivity index (χ4n) is 4.59. The summed E-state index contributed by atoms with van der Waals surface area (Å²) in [7, 11) is 1.61. The van der Waals surface area contributed by atoms with Gasteiger partial charge in [0, 0.05) is 23.5 Å². The van der Waals surface area contributed by atoms with Gasteiger partial charge in [-0.1, -0.05) is 29.8 Å². The summed E-state index contributed by atoms with van der Waals surface area (Å²) in [4.78, 5) is 24.0. The molecule has 0 spiro atoms. The van der Waals surface area contributed by atoms with Crippen molar-refractivity contribution in [3.8, 4) is 5.75 Å². The van der Waals surface area contributed by atoms with E-state index in [2.05, 4.69) is 5.32 Å². The molecule has 2 N–H and O–H groups in total. The van der Waals surface area contributed by atoms with Crippen LogP contribution in [0.3, 0.4) is 0 Å². The molecule has 2 aromatic carbocycles. The number of para-hydroxylation sites is 1. The van der Waals surface area contributed by atoms with E-state index in [-0.39, 0.29) is 23.5 Å². The van der Waals surface area contributed by atoms with Crippen LogP contribution in [0.1, 0.15) is 29.7 Å². The number of hydrogen-bond acceptors (Lipinski definition) is 3.